The number of alkyl carbamates (subject to hydrolysis) is 1. The third-order valence-corrected chi connectivity index (χ3v) is 6.54. The van der Waals surface area contributed by atoms with Gasteiger partial charge in [-0.25, -0.2) is 4.79 Å². The first-order valence-electron chi connectivity index (χ1n) is 11.2. The number of carboxylic acid groups (broad SMARTS) is 1. The fraction of sp³-hybridized carbons (Fsp3) is 0.346. The molecule has 2 aliphatic rings. The second-order valence-corrected chi connectivity index (χ2v) is 8.74. The Bertz CT molecular complexity index is 1030. The van der Waals surface area contributed by atoms with E-state index in [2.05, 4.69) is 29.3 Å². The van der Waals surface area contributed by atoms with Gasteiger partial charge in [-0.1, -0.05) is 54.6 Å². The molecule has 0 spiro atoms. The van der Waals surface area contributed by atoms with Crippen LogP contribution < -0.4 is 10.6 Å². The molecular formula is C26H28N2O5. The molecule has 172 valence electrons. The number of carbonyl (C=O) groups is 3. The summed E-state index contributed by atoms with van der Waals surface area (Å²) in [5.74, 6) is -1.47. The lowest BCUT2D eigenvalue weighted by Gasteiger charge is -2.42. The molecule has 2 amide bonds. The maximum Gasteiger partial charge on any atom is 0.407 e. The first kappa shape index (κ1) is 22.6. The summed E-state index contributed by atoms with van der Waals surface area (Å²) in [6, 6.07) is 15.2. The van der Waals surface area contributed by atoms with Gasteiger partial charge in [-0.15, -0.1) is 6.58 Å². The Kier molecular flexibility index (Phi) is 6.49. The van der Waals surface area contributed by atoms with Crippen molar-refractivity contribution < 1.29 is 24.2 Å². The maximum absolute atomic E-state index is 12.8. The number of benzene rings is 2. The number of rotatable bonds is 9. The number of ether oxygens (including phenoxy) is 1. The average Bonchev–Trinajstić information content (AvgIpc) is 3.09. The molecule has 33 heavy (non-hydrogen) atoms. The zero-order valence-corrected chi connectivity index (χ0v) is 18.4. The predicted octanol–water partition coefficient (Wildman–Crippen LogP) is 3.98. The van der Waals surface area contributed by atoms with E-state index < -0.39 is 29.6 Å². The van der Waals surface area contributed by atoms with Crippen LogP contribution in [0.1, 0.15) is 49.1 Å². The Hall–Kier alpha value is -3.61. The highest BCUT2D eigenvalue weighted by molar-refractivity contribution is 5.87. The summed E-state index contributed by atoms with van der Waals surface area (Å²) in [5, 5.41) is 14.6. The van der Waals surface area contributed by atoms with Gasteiger partial charge in [-0.05, 0) is 47.9 Å². The highest BCUT2D eigenvalue weighted by Gasteiger charge is 2.41. The van der Waals surface area contributed by atoms with Gasteiger partial charge in [-0.2, -0.15) is 0 Å². The van der Waals surface area contributed by atoms with Crippen LogP contribution in [0.4, 0.5) is 4.79 Å². The van der Waals surface area contributed by atoms with Crippen molar-refractivity contribution in [1.82, 2.24) is 10.6 Å². The molecule has 1 unspecified atom stereocenters. The molecule has 0 heterocycles. The normalized spacial score (nSPS) is 16.5. The van der Waals surface area contributed by atoms with Crippen LogP contribution in [0, 0.1) is 0 Å². The molecule has 1 saturated carbocycles. The Labute approximate surface area is 192 Å². The van der Waals surface area contributed by atoms with Gasteiger partial charge in [0.1, 0.15) is 12.6 Å². The zero-order valence-electron chi connectivity index (χ0n) is 18.4. The van der Waals surface area contributed by atoms with Crippen LogP contribution in [-0.4, -0.2) is 41.3 Å². The highest BCUT2D eigenvalue weighted by Crippen LogP contribution is 2.44. The summed E-state index contributed by atoms with van der Waals surface area (Å²) < 4.78 is 5.54. The molecule has 7 nitrogen and oxygen atoms in total. The van der Waals surface area contributed by atoms with Crippen LogP contribution >= 0.6 is 0 Å². The van der Waals surface area contributed by atoms with Gasteiger partial charge in [0.15, 0.2) is 0 Å². The van der Waals surface area contributed by atoms with Gasteiger partial charge in [0.2, 0.25) is 5.91 Å². The van der Waals surface area contributed by atoms with E-state index in [4.69, 9.17) is 4.74 Å². The lowest BCUT2D eigenvalue weighted by atomic mass is 9.74. The Morgan fingerprint density at radius 3 is 2.21 bits per heavy atom. The number of aliphatic carboxylic acids is 1. The van der Waals surface area contributed by atoms with E-state index in [1.807, 2.05) is 36.4 Å². The van der Waals surface area contributed by atoms with Crippen molar-refractivity contribution in [3.63, 3.8) is 0 Å². The number of fused-ring (bicyclic) bond motifs is 3. The predicted molar refractivity (Wildman–Crippen MR) is 124 cm³/mol. The molecule has 0 bridgehead atoms. The minimum atomic E-state index is -0.959. The first-order valence-corrected chi connectivity index (χ1v) is 11.2. The van der Waals surface area contributed by atoms with Crippen LogP contribution in [0.3, 0.4) is 0 Å². The van der Waals surface area contributed by atoms with Crippen LogP contribution in [-0.2, 0) is 14.3 Å². The Morgan fingerprint density at radius 2 is 1.70 bits per heavy atom. The van der Waals surface area contributed by atoms with Gasteiger partial charge < -0.3 is 20.5 Å². The van der Waals surface area contributed by atoms with Gasteiger partial charge in [0, 0.05) is 5.92 Å². The third-order valence-electron chi connectivity index (χ3n) is 6.54. The van der Waals surface area contributed by atoms with Crippen LogP contribution in [0.25, 0.3) is 11.1 Å². The summed E-state index contributed by atoms with van der Waals surface area (Å²) in [6.07, 6.45) is 3.00. The minimum absolute atomic E-state index is 0.0800. The van der Waals surface area contributed by atoms with E-state index in [1.54, 1.807) is 6.08 Å². The van der Waals surface area contributed by atoms with Crippen molar-refractivity contribution in [1.29, 1.82) is 0 Å². The summed E-state index contributed by atoms with van der Waals surface area (Å²) in [4.78, 5) is 36.6. The maximum atomic E-state index is 12.8. The number of carboxylic acids is 1. The van der Waals surface area contributed by atoms with Crippen LogP contribution in [0.15, 0.2) is 61.2 Å². The van der Waals surface area contributed by atoms with Crippen LogP contribution in [0.5, 0.6) is 0 Å². The first-order chi connectivity index (χ1) is 15.9. The standard InChI is InChI=1S/C26H28N2O5/c1-2-8-22(24(31)28-26(13-7-14-26)15-23(29)30)27-25(32)33-16-21-19-11-5-3-9-17(19)18-10-4-6-12-20(18)21/h2-6,9-12,21-22H,1,7-8,13-16H2,(H,27,32)(H,28,31)(H,29,30). The molecule has 2 aliphatic carbocycles. The van der Waals surface area contributed by atoms with Gasteiger partial charge in [-0.3, -0.25) is 9.59 Å². The number of hydrogen-bond donors (Lipinski definition) is 3. The van der Waals surface area contributed by atoms with Gasteiger partial charge in [0.25, 0.3) is 0 Å². The summed E-state index contributed by atoms with van der Waals surface area (Å²) in [5.41, 5.74) is 3.73. The summed E-state index contributed by atoms with van der Waals surface area (Å²) >= 11 is 0. The fourth-order valence-electron chi connectivity index (χ4n) is 4.77. The molecule has 7 heteroatoms. The van der Waals surface area contributed by atoms with Crippen LogP contribution in [0.2, 0.25) is 0 Å². The second-order valence-electron chi connectivity index (χ2n) is 8.74. The molecule has 2 aromatic carbocycles. The lowest BCUT2D eigenvalue weighted by Crippen LogP contribution is -2.59. The number of carbonyl (C=O) groups excluding carboxylic acids is 2. The van der Waals surface area contributed by atoms with Crippen molar-refractivity contribution in [2.75, 3.05) is 6.61 Å². The average molecular weight is 449 g/mol. The summed E-state index contributed by atoms with van der Waals surface area (Å²) in [6.45, 7) is 3.81. The molecule has 0 radical (unpaired) electrons. The molecule has 0 aromatic heterocycles. The molecule has 0 aliphatic heterocycles. The van der Waals surface area contributed by atoms with E-state index in [0.29, 0.717) is 12.8 Å². The van der Waals surface area contributed by atoms with Crippen molar-refractivity contribution in [3.05, 3.63) is 72.3 Å². The lowest BCUT2D eigenvalue weighted by molar-refractivity contribution is -0.140. The molecular weight excluding hydrogens is 420 g/mol. The Balaban J connectivity index is 1.39. The molecule has 2 aromatic rings. The molecule has 4 rings (SSSR count). The molecule has 0 saturated heterocycles. The third kappa shape index (κ3) is 4.77. The largest absolute Gasteiger partial charge is 0.481 e. The SMILES string of the molecule is C=CCC(NC(=O)OCC1c2ccccc2-c2ccccc21)C(=O)NC1(CC(=O)O)CCC1. The highest BCUT2D eigenvalue weighted by atomic mass is 16.5. The zero-order chi connectivity index (χ0) is 23.4. The smallest absolute Gasteiger partial charge is 0.407 e. The summed E-state index contributed by atoms with van der Waals surface area (Å²) in [7, 11) is 0. The van der Waals surface area contributed by atoms with Crippen molar-refractivity contribution >= 4 is 18.0 Å². The van der Waals surface area contributed by atoms with Crippen molar-refractivity contribution in [2.45, 2.75) is 49.6 Å². The number of hydrogen-bond acceptors (Lipinski definition) is 4. The van der Waals surface area contributed by atoms with Gasteiger partial charge >= 0.3 is 12.1 Å². The topological polar surface area (TPSA) is 105 Å². The molecule has 1 atom stereocenters. The minimum Gasteiger partial charge on any atom is -0.481 e. The number of nitrogens with one attached hydrogen (secondary N) is 2. The van der Waals surface area contributed by atoms with Crippen molar-refractivity contribution in [3.8, 4) is 11.1 Å². The van der Waals surface area contributed by atoms with E-state index in [-0.39, 0.29) is 25.4 Å². The van der Waals surface area contributed by atoms with Gasteiger partial charge in [0.05, 0.1) is 12.0 Å². The second kappa shape index (κ2) is 9.48. The molecule has 1 fully saturated rings. The Morgan fingerprint density at radius 1 is 1.09 bits per heavy atom. The van der Waals surface area contributed by atoms with E-state index in [0.717, 1.165) is 28.7 Å². The quantitative estimate of drug-likeness (QED) is 0.503. The van der Waals surface area contributed by atoms with E-state index >= 15 is 0 Å². The van der Waals surface area contributed by atoms with E-state index in [9.17, 15) is 19.5 Å². The monoisotopic (exact) mass is 448 g/mol. The fourth-order valence-corrected chi connectivity index (χ4v) is 4.77. The van der Waals surface area contributed by atoms with Crippen molar-refractivity contribution in [2.24, 2.45) is 0 Å². The van der Waals surface area contributed by atoms with E-state index in [1.165, 1.54) is 0 Å². The number of amides is 2. The molecule has 3 N–H and O–H groups in total.